The fourth-order valence-electron chi connectivity index (χ4n) is 1.09. The van der Waals surface area contributed by atoms with Crippen LogP contribution in [0.3, 0.4) is 0 Å². The molecule has 0 heterocycles. The maximum atomic E-state index is 9.59. The Balaban J connectivity index is 2.67. The summed E-state index contributed by atoms with van der Waals surface area (Å²) in [6.07, 6.45) is 9.94. The van der Waals surface area contributed by atoms with Crippen molar-refractivity contribution in [3.63, 3.8) is 0 Å². The van der Waals surface area contributed by atoms with E-state index in [-0.39, 0.29) is 0 Å². The van der Waals surface area contributed by atoms with Gasteiger partial charge in [0.05, 0.1) is 0 Å². The highest BCUT2D eigenvalue weighted by atomic mass is 16.6. The third-order valence-electron chi connectivity index (χ3n) is 1.88. The maximum absolute atomic E-state index is 9.59. The molecule has 1 aliphatic rings. The predicted octanol–water partition coefficient (Wildman–Crippen LogP) is 1.78. The second-order valence-electron chi connectivity index (χ2n) is 2.79. The van der Waals surface area contributed by atoms with Crippen molar-refractivity contribution in [1.82, 2.24) is 0 Å². The first kappa shape index (κ1) is 9.23. The zero-order valence-electron chi connectivity index (χ0n) is 7.45. The quantitative estimate of drug-likeness (QED) is 0.634. The van der Waals surface area contributed by atoms with Crippen molar-refractivity contribution in [2.45, 2.75) is 19.1 Å². The molecule has 0 aromatic heterocycles. The molecule has 1 atom stereocenters. The van der Waals surface area contributed by atoms with E-state index in [4.69, 9.17) is 4.74 Å². The molecule has 1 rings (SSSR count). The van der Waals surface area contributed by atoms with Gasteiger partial charge in [-0.05, 0) is 18.6 Å². The Hall–Kier alpha value is -0.860. The van der Waals surface area contributed by atoms with Gasteiger partial charge in [0.25, 0.3) is 0 Å². The number of hydrogen-bond donors (Lipinski definition) is 1. The Morgan fingerprint density at radius 1 is 1.67 bits per heavy atom. The Bertz CT molecular complexity index is 238. The summed E-state index contributed by atoms with van der Waals surface area (Å²) in [6.45, 7) is 1.96. The molecule has 0 radical (unpaired) electrons. The van der Waals surface area contributed by atoms with E-state index >= 15 is 0 Å². The Kier molecular flexibility index (Phi) is 2.84. The van der Waals surface area contributed by atoms with E-state index in [1.54, 1.807) is 6.08 Å². The molecule has 0 aromatic carbocycles. The summed E-state index contributed by atoms with van der Waals surface area (Å²) in [5.74, 6) is -1.09. The Labute approximate surface area is 72.9 Å². The second kappa shape index (κ2) is 3.70. The number of ether oxygens (including phenoxy) is 1. The maximum Gasteiger partial charge on any atom is 0.188 e. The molecule has 66 valence electrons. The summed E-state index contributed by atoms with van der Waals surface area (Å²) in [6, 6.07) is 0. The highest BCUT2D eigenvalue weighted by molar-refractivity contribution is 5.34. The van der Waals surface area contributed by atoms with Crippen molar-refractivity contribution in [2.75, 3.05) is 7.11 Å². The lowest BCUT2D eigenvalue weighted by Crippen LogP contribution is -2.28. The van der Waals surface area contributed by atoms with Crippen LogP contribution in [0.2, 0.25) is 0 Å². The van der Waals surface area contributed by atoms with Gasteiger partial charge in [-0.15, -0.1) is 0 Å². The third kappa shape index (κ3) is 2.06. The number of aliphatic hydroxyl groups is 1. The molecule has 2 heteroatoms. The van der Waals surface area contributed by atoms with Gasteiger partial charge < -0.3 is 9.84 Å². The molecule has 0 saturated carbocycles. The molecule has 0 aliphatic heterocycles. The standard InChI is InChI=1S/C10H14O2/c1-3-4-9-5-7-10(11,12-2)8-6-9/h3-7,11H,8H2,1-2H3. The minimum atomic E-state index is -1.09. The molecule has 1 unspecified atom stereocenters. The summed E-state index contributed by atoms with van der Waals surface area (Å²) < 4.78 is 4.91. The number of allylic oxidation sites excluding steroid dienone is 4. The molecule has 0 spiro atoms. The van der Waals surface area contributed by atoms with Gasteiger partial charge in [0.2, 0.25) is 0 Å². The summed E-state index contributed by atoms with van der Waals surface area (Å²) in [5, 5.41) is 9.59. The van der Waals surface area contributed by atoms with Crippen LogP contribution in [0.5, 0.6) is 0 Å². The van der Waals surface area contributed by atoms with E-state index in [2.05, 4.69) is 0 Å². The van der Waals surface area contributed by atoms with Crippen LogP contribution in [0, 0.1) is 0 Å². The minimum absolute atomic E-state index is 0.514. The highest BCUT2D eigenvalue weighted by Crippen LogP contribution is 2.21. The molecule has 1 aliphatic carbocycles. The lowest BCUT2D eigenvalue weighted by molar-refractivity contribution is -0.143. The first-order valence-corrected chi connectivity index (χ1v) is 4.00. The van der Waals surface area contributed by atoms with Gasteiger partial charge in [0.15, 0.2) is 5.79 Å². The molecule has 12 heavy (non-hydrogen) atoms. The van der Waals surface area contributed by atoms with E-state index < -0.39 is 5.79 Å². The fourth-order valence-corrected chi connectivity index (χ4v) is 1.09. The van der Waals surface area contributed by atoms with Gasteiger partial charge in [-0.2, -0.15) is 0 Å². The van der Waals surface area contributed by atoms with Gasteiger partial charge in [0.1, 0.15) is 0 Å². The van der Waals surface area contributed by atoms with E-state index in [9.17, 15) is 5.11 Å². The molecule has 0 fully saturated rings. The monoisotopic (exact) mass is 166 g/mol. The first-order chi connectivity index (χ1) is 5.70. The summed E-state index contributed by atoms with van der Waals surface area (Å²) in [7, 11) is 1.50. The Morgan fingerprint density at radius 2 is 2.42 bits per heavy atom. The van der Waals surface area contributed by atoms with Crippen LogP contribution in [-0.4, -0.2) is 18.0 Å². The smallest absolute Gasteiger partial charge is 0.188 e. The molecule has 0 amide bonds. The van der Waals surface area contributed by atoms with E-state index in [1.807, 2.05) is 31.2 Å². The molecular formula is C10H14O2. The largest absolute Gasteiger partial charge is 0.362 e. The van der Waals surface area contributed by atoms with Crippen LogP contribution in [0.15, 0.2) is 36.0 Å². The predicted molar refractivity (Wildman–Crippen MR) is 48.6 cm³/mol. The zero-order chi connectivity index (χ0) is 9.03. The summed E-state index contributed by atoms with van der Waals surface area (Å²) in [5.41, 5.74) is 1.11. The number of hydrogen-bond acceptors (Lipinski definition) is 2. The molecule has 2 nitrogen and oxygen atoms in total. The van der Waals surface area contributed by atoms with E-state index in [0.717, 1.165) is 5.57 Å². The topological polar surface area (TPSA) is 29.5 Å². The fraction of sp³-hybridized carbons (Fsp3) is 0.400. The van der Waals surface area contributed by atoms with Crippen LogP contribution in [-0.2, 0) is 4.74 Å². The lowest BCUT2D eigenvalue weighted by atomic mass is 10.0. The van der Waals surface area contributed by atoms with Crippen molar-refractivity contribution in [1.29, 1.82) is 0 Å². The van der Waals surface area contributed by atoms with Crippen LogP contribution in [0.1, 0.15) is 13.3 Å². The highest BCUT2D eigenvalue weighted by Gasteiger charge is 2.23. The van der Waals surface area contributed by atoms with Gasteiger partial charge in [0, 0.05) is 13.5 Å². The number of methoxy groups -OCH3 is 1. The van der Waals surface area contributed by atoms with Gasteiger partial charge in [-0.1, -0.05) is 24.3 Å². The van der Waals surface area contributed by atoms with Crippen LogP contribution >= 0.6 is 0 Å². The van der Waals surface area contributed by atoms with E-state index in [1.165, 1.54) is 7.11 Å². The SMILES string of the molecule is CC=CC1=CCC(O)(OC)C=C1. The van der Waals surface area contributed by atoms with Gasteiger partial charge >= 0.3 is 0 Å². The normalized spacial score (nSPS) is 29.4. The summed E-state index contributed by atoms with van der Waals surface area (Å²) in [4.78, 5) is 0. The first-order valence-electron chi connectivity index (χ1n) is 4.00. The zero-order valence-corrected chi connectivity index (χ0v) is 7.45. The lowest BCUT2D eigenvalue weighted by Gasteiger charge is -2.23. The molecule has 0 aromatic rings. The van der Waals surface area contributed by atoms with Gasteiger partial charge in [-0.3, -0.25) is 0 Å². The molecular weight excluding hydrogens is 152 g/mol. The second-order valence-corrected chi connectivity index (χ2v) is 2.79. The molecule has 1 N–H and O–H groups in total. The van der Waals surface area contributed by atoms with Crippen LogP contribution < -0.4 is 0 Å². The van der Waals surface area contributed by atoms with Crippen molar-refractivity contribution >= 4 is 0 Å². The van der Waals surface area contributed by atoms with Crippen LogP contribution in [0.4, 0.5) is 0 Å². The molecule has 0 saturated heterocycles. The summed E-state index contributed by atoms with van der Waals surface area (Å²) >= 11 is 0. The average Bonchev–Trinajstić information content (AvgIpc) is 2.10. The van der Waals surface area contributed by atoms with Crippen molar-refractivity contribution in [3.8, 4) is 0 Å². The third-order valence-corrected chi connectivity index (χ3v) is 1.88. The van der Waals surface area contributed by atoms with Gasteiger partial charge in [-0.25, -0.2) is 0 Å². The Morgan fingerprint density at radius 3 is 2.83 bits per heavy atom. The minimum Gasteiger partial charge on any atom is -0.362 e. The van der Waals surface area contributed by atoms with Crippen molar-refractivity contribution in [2.24, 2.45) is 0 Å². The average molecular weight is 166 g/mol. The van der Waals surface area contributed by atoms with Crippen LogP contribution in [0.25, 0.3) is 0 Å². The molecule has 0 bridgehead atoms. The van der Waals surface area contributed by atoms with Crippen molar-refractivity contribution in [3.05, 3.63) is 36.0 Å². The number of rotatable bonds is 2. The van der Waals surface area contributed by atoms with E-state index in [0.29, 0.717) is 6.42 Å². The van der Waals surface area contributed by atoms with Crippen molar-refractivity contribution < 1.29 is 9.84 Å².